The SMILES string of the molecule is CCCOc1ccc(-c2cccc(O)c2F)cc1C(=O)NC(CO)Cc1c[nH]c2ccc(F)cc12. The average Bonchev–Trinajstić information content (AvgIpc) is 3.25. The van der Waals surface area contributed by atoms with Gasteiger partial charge in [0.2, 0.25) is 0 Å². The Morgan fingerprint density at radius 3 is 2.74 bits per heavy atom. The highest BCUT2D eigenvalue weighted by atomic mass is 19.1. The molecular weight excluding hydrogens is 454 g/mol. The Labute approximate surface area is 201 Å². The molecule has 0 aliphatic rings. The highest BCUT2D eigenvalue weighted by Crippen LogP contribution is 2.32. The third kappa shape index (κ3) is 5.27. The lowest BCUT2D eigenvalue weighted by atomic mass is 10.0. The van der Waals surface area contributed by atoms with Crippen LogP contribution >= 0.6 is 0 Å². The highest BCUT2D eigenvalue weighted by Gasteiger charge is 2.21. The molecule has 0 radical (unpaired) electrons. The molecular formula is C27H26F2N2O4. The fourth-order valence-electron chi connectivity index (χ4n) is 3.96. The van der Waals surface area contributed by atoms with Gasteiger partial charge < -0.3 is 25.3 Å². The first-order valence-corrected chi connectivity index (χ1v) is 11.3. The third-order valence-electron chi connectivity index (χ3n) is 5.73. The fraction of sp³-hybridized carbons (Fsp3) is 0.222. The minimum absolute atomic E-state index is 0.139. The van der Waals surface area contributed by atoms with E-state index in [1.165, 1.54) is 36.4 Å². The molecule has 4 aromatic rings. The maximum absolute atomic E-state index is 14.5. The number of halogens is 2. The number of benzene rings is 3. The van der Waals surface area contributed by atoms with Crippen molar-refractivity contribution >= 4 is 16.8 Å². The largest absolute Gasteiger partial charge is 0.505 e. The van der Waals surface area contributed by atoms with Crippen LogP contribution in [-0.2, 0) is 6.42 Å². The second-order valence-corrected chi connectivity index (χ2v) is 8.26. The van der Waals surface area contributed by atoms with E-state index in [1.807, 2.05) is 6.92 Å². The predicted molar refractivity (Wildman–Crippen MR) is 130 cm³/mol. The second-order valence-electron chi connectivity index (χ2n) is 8.26. The summed E-state index contributed by atoms with van der Waals surface area (Å²) in [6.45, 7) is 1.96. The van der Waals surface area contributed by atoms with Crippen molar-refractivity contribution in [2.75, 3.05) is 13.2 Å². The minimum Gasteiger partial charge on any atom is -0.505 e. The van der Waals surface area contributed by atoms with E-state index in [-0.39, 0.29) is 30.0 Å². The Morgan fingerprint density at radius 2 is 1.97 bits per heavy atom. The summed E-state index contributed by atoms with van der Waals surface area (Å²) < 4.78 is 34.0. The Balaban J connectivity index is 1.62. The number of fused-ring (bicyclic) bond motifs is 1. The zero-order valence-electron chi connectivity index (χ0n) is 19.1. The molecule has 1 aromatic heterocycles. The van der Waals surface area contributed by atoms with Crippen molar-refractivity contribution in [2.45, 2.75) is 25.8 Å². The summed E-state index contributed by atoms with van der Waals surface area (Å²) in [4.78, 5) is 16.3. The Morgan fingerprint density at radius 1 is 1.14 bits per heavy atom. The van der Waals surface area contributed by atoms with Gasteiger partial charge in [0.1, 0.15) is 11.6 Å². The summed E-state index contributed by atoms with van der Waals surface area (Å²) in [5, 5.41) is 23.2. The van der Waals surface area contributed by atoms with Gasteiger partial charge in [0.05, 0.1) is 24.8 Å². The van der Waals surface area contributed by atoms with Gasteiger partial charge in [0, 0.05) is 22.7 Å². The van der Waals surface area contributed by atoms with Crippen molar-refractivity contribution in [3.63, 3.8) is 0 Å². The van der Waals surface area contributed by atoms with Crippen LogP contribution in [0.3, 0.4) is 0 Å². The normalized spacial score (nSPS) is 12.0. The van der Waals surface area contributed by atoms with Crippen LogP contribution in [0.5, 0.6) is 11.5 Å². The van der Waals surface area contributed by atoms with Gasteiger partial charge in [-0.1, -0.05) is 25.1 Å². The van der Waals surface area contributed by atoms with Gasteiger partial charge >= 0.3 is 0 Å². The number of aliphatic hydroxyl groups is 1. The lowest BCUT2D eigenvalue weighted by Gasteiger charge is -2.18. The summed E-state index contributed by atoms with van der Waals surface area (Å²) in [6.07, 6.45) is 2.71. The molecule has 0 aliphatic heterocycles. The van der Waals surface area contributed by atoms with Crippen molar-refractivity contribution < 1.29 is 28.5 Å². The smallest absolute Gasteiger partial charge is 0.255 e. The van der Waals surface area contributed by atoms with Crippen LogP contribution < -0.4 is 10.1 Å². The number of hydrogen-bond donors (Lipinski definition) is 4. The molecule has 0 saturated heterocycles. The molecule has 35 heavy (non-hydrogen) atoms. The van der Waals surface area contributed by atoms with Crippen LogP contribution in [0.2, 0.25) is 0 Å². The molecule has 1 heterocycles. The Bertz CT molecular complexity index is 1350. The fourth-order valence-corrected chi connectivity index (χ4v) is 3.96. The van der Waals surface area contributed by atoms with E-state index >= 15 is 0 Å². The first-order chi connectivity index (χ1) is 16.9. The number of aromatic amines is 1. The van der Waals surface area contributed by atoms with E-state index in [4.69, 9.17) is 4.74 Å². The number of rotatable bonds is 9. The molecule has 0 saturated carbocycles. The molecule has 1 unspecified atom stereocenters. The first kappa shape index (κ1) is 24.2. The first-order valence-electron chi connectivity index (χ1n) is 11.3. The summed E-state index contributed by atoms with van der Waals surface area (Å²) in [5.74, 6) is -1.85. The van der Waals surface area contributed by atoms with Gasteiger partial charge in [-0.25, -0.2) is 8.78 Å². The number of H-pyrrole nitrogens is 1. The van der Waals surface area contributed by atoms with Gasteiger partial charge in [-0.05, 0) is 60.4 Å². The van der Waals surface area contributed by atoms with E-state index in [0.29, 0.717) is 23.3 Å². The number of hydrogen-bond acceptors (Lipinski definition) is 4. The van der Waals surface area contributed by atoms with Crippen molar-refractivity contribution in [1.82, 2.24) is 10.3 Å². The summed E-state index contributed by atoms with van der Waals surface area (Å²) >= 11 is 0. The van der Waals surface area contributed by atoms with Crippen molar-refractivity contribution in [1.29, 1.82) is 0 Å². The molecule has 182 valence electrons. The lowest BCUT2D eigenvalue weighted by Crippen LogP contribution is -2.39. The molecule has 1 atom stereocenters. The molecule has 4 rings (SSSR count). The van der Waals surface area contributed by atoms with E-state index < -0.39 is 23.5 Å². The van der Waals surface area contributed by atoms with Gasteiger partial charge in [0.25, 0.3) is 5.91 Å². The zero-order chi connectivity index (χ0) is 24.9. The number of amides is 1. The maximum atomic E-state index is 14.5. The van der Waals surface area contributed by atoms with E-state index in [2.05, 4.69) is 10.3 Å². The molecule has 0 spiro atoms. The monoisotopic (exact) mass is 480 g/mol. The quantitative estimate of drug-likeness (QED) is 0.273. The molecule has 0 aliphatic carbocycles. The van der Waals surface area contributed by atoms with Crippen LogP contribution in [0.25, 0.3) is 22.0 Å². The number of phenolic OH excluding ortho intramolecular Hbond substituents is 1. The van der Waals surface area contributed by atoms with Crippen molar-refractivity contribution in [3.05, 3.63) is 83.6 Å². The molecule has 0 fully saturated rings. The third-order valence-corrected chi connectivity index (χ3v) is 5.73. The molecule has 4 N–H and O–H groups in total. The van der Waals surface area contributed by atoms with Crippen LogP contribution in [0.1, 0.15) is 29.3 Å². The molecule has 8 heteroatoms. The van der Waals surface area contributed by atoms with E-state index in [9.17, 15) is 23.8 Å². The predicted octanol–water partition coefficient (Wildman–Crippen LogP) is 4.94. The lowest BCUT2D eigenvalue weighted by molar-refractivity contribution is 0.0912. The molecule has 6 nitrogen and oxygen atoms in total. The number of phenols is 1. The summed E-state index contributed by atoms with van der Waals surface area (Å²) in [5.41, 5.74) is 2.19. The topological polar surface area (TPSA) is 94.6 Å². The number of aliphatic hydroxyl groups excluding tert-OH is 1. The molecule has 3 aromatic carbocycles. The van der Waals surface area contributed by atoms with E-state index in [0.717, 1.165) is 17.5 Å². The molecule has 1 amide bonds. The van der Waals surface area contributed by atoms with Gasteiger partial charge in [-0.3, -0.25) is 4.79 Å². The van der Waals surface area contributed by atoms with Gasteiger partial charge in [-0.15, -0.1) is 0 Å². The highest BCUT2D eigenvalue weighted by molar-refractivity contribution is 5.98. The van der Waals surface area contributed by atoms with Crippen molar-refractivity contribution in [2.24, 2.45) is 0 Å². The summed E-state index contributed by atoms with van der Waals surface area (Å²) in [7, 11) is 0. The van der Waals surface area contributed by atoms with Gasteiger partial charge in [-0.2, -0.15) is 0 Å². The Hall–Kier alpha value is -3.91. The van der Waals surface area contributed by atoms with Crippen LogP contribution in [0.4, 0.5) is 8.78 Å². The minimum atomic E-state index is -0.791. The number of carbonyl (C=O) groups is 1. The van der Waals surface area contributed by atoms with E-state index in [1.54, 1.807) is 24.4 Å². The number of nitrogens with one attached hydrogen (secondary N) is 2. The average molecular weight is 481 g/mol. The van der Waals surface area contributed by atoms with Gasteiger partial charge in [0.15, 0.2) is 11.6 Å². The Kier molecular flexibility index (Phi) is 7.31. The van der Waals surface area contributed by atoms with Crippen LogP contribution in [0, 0.1) is 11.6 Å². The molecule has 0 bridgehead atoms. The number of ether oxygens (including phenoxy) is 1. The standard InChI is InChI=1S/C27H26F2N2O4/c1-2-10-35-25-9-6-16(20-4-3-5-24(33)26(20)29)12-22(25)27(34)31-19(15-32)11-17-14-30-23-8-7-18(28)13-21(17)23/h3-9,12-14,19,30,32-33H,2,10-11,15H2,1H3,(H,31,34). The van der Waals surface area contributed by atoms with Crippen LogP contribution in [-0.4, -0.2) is 40.4 Å². The maximum Gasteiger partial charge on any atom is 0.255 e. The second kappa shape index (κ2) is 10.6. The summed E-state index contributed by atoms with van der Waals surface area (Å²) in [6, 6.07) is 12.7. The number of carbonyl (C=O) groups excluding carboxylic acids is 1. The zero-order valence-corrected chi connectivity index (χ0v) is 19.1. The van der Waals surface area contributed by atoms with Crippen LogP contribution in [0.15, 0.2) is 60.8 Å². The number of aromatic hydroxyl groups is 1. The van der Waals surface area contributed by atoms with Crippen molar-refractivity contribution in [3.8, 4) is 22.6 Å². The number of aromatic nitrogens is 1.